The topological polar surface area (TPSA) is 92.8 Å². The van der Waals surface area contributed by atoms with E-state index in [-0.39, 0.29) is 30.1 Å². The van der Waals surface area contributed by atoms with Crippen molar-refractivity contribution in [3.05, 3.63) is 99.0 Å². The number of hydrogen-bond donors (Lipinski definition) is 1. The summed E-state index contributed by atoms with van der Waals surface area (Å²) in [7, 11) is 0. The molecule has 0 unspecified atom stereocenters. The zero-order valence-corrected chi connectivity index (χ0v) is 24.5. The molecule has 0 radical (unpaired) electrons. The van der Waals surface area contributed by atoms with Gasteiger partial charge in [0.1, 0.15) is 6.04 Å². The van der Waals surface area contributed by atoms with Gasteiger partial charge in [-0.3, -0.25) is 19.3 Å². The summed E-state index contributed by atoms with van der Waals surface area (Å²) >= 11 is 3.40. The number of ether oxygens (including phenoxy) is 1. The van der Waals surface area contributed by atoms with Gasteiger partial charge in [0.05, 0.1) is 11.8 Å². The van der Waals surface area contributed by atoms with Crippen molar-refractivity contribution in [2.75, 3.05) is 11.9 Å². The first kappa shape index (κ1) is 27.4. The Morgan fingerprint density at radius 1 is 0.902 bits per heavy atom. The van der Waals surface area contributed by atoms with Crippen LogP contribution in [0.1, 0.15) is 65.8 Å². The van der Waals surface area contributed by atoms with Crippen LogP contribution < -0.4 is 5.32 Å². The Bertz CT molecular complexity index is 1450. The lowest BCUT2D eigenvalue weighted by molar-refractivity contribution is -0.160. The van der Waals surface area contributed by atoms with Gasteiger partial charge in [0, 0.05) is 22.0 Å². The summed E-state index contributed by atoms with van der Waals surface area (Å²) in [5, 5.41) is 2.76. The molecule has 210 valence electrons. The van der Waals surface area contributed by atoms with Crippen LogP contribution in [0.5, 0.6) is 0 Å². The van der Waals surface area contributed by atoms with E-state index < -0.39 is 36.4 Å². The first-order chi connectivity index (χ1) is 19.8. The van der Waals surface area contributed by atoms with Gasteiger partial charge in [0.25, 0.3) is 5.91 Å². The molecule has 3 amide bonds. The van der Waals surface area contributed by atoms with Crippen LogP contribution in [0.15, 0.2) is 71.2 Å². The summed E-state index contributed by atoms with van der Waals surface area (Å²) in [6.07, 6.45) is 1.69. The fraction of sp³-hybridized carbons (Fsp3) is 0.333. The number of rotatable bonds is 8. The van der Waals surface area contributed by atoms with E-state index in [4.69, 9.17) is 4.74 Å². The molecule has 1 fully saturated rings. The number of aryl methyl sites for hydroxylation is 1. The van der Waals surface area contributed by atoms with Crippen LogP contribution in [0.3, 0.4) is 0 Å². The van der Waals surface area contributed by atoms with Gasteiger partial charge in [-0.2, -0.15) is 0 Å². The predicted octanol–water partition coefficient (Wildman–Crippen LogP) is 5.69. The Kier molecular flexibility index (Phi) is 7.28. The number of likely N-dealkylation sites (tertiary alicyclic amines) is 1. The normalized spacial score (nSPS) is 22.6. The molecule has 1 N–H and O–H groups in total. The third-order valence-electron chi connectivity index (χ3n) is 8.71. The van der Waals surface area contributed by atoms with Crippen molar-refractivity contribution in [3.63, 3.8) is 0 Å². The van der Waals surface area contributed by atoms with Crippen molar-refractivity contribution in [3.8, 4) is 0 Å². The monoisotopic (exact) mass is 614 g/mol. The quantitative estimate of drug-likeness (QED) is 0.260. The van der Waals surface area contributed by atoms with Gasteiger partial charge in [-0.1, -0.05) is 84.2 Å². The van der Waals surface area contributed by atoms with Crippen LogP contribution >= 0.6 is 15.9 Å². The van der Waals surface area contributed by atoms with Crippen molar-refractivity contribution in [2.45, 2.75) is 51.0 Å². The number of carbonyl (C=O) groups is 4. The first-order valence-electron chi connectivity index (χ1n) is 14.1. The molecule has 3 aliphatic carbocycles. The predicted molar refractivity (Wildman–Crippen MR) is 157 cm³/mol. The lowest BCUT2D eigenvalue weighted by atomic mass is 9.55. The van der Waals surface area contributed by atoms with Crippen LogP contribution in [-0.4, -0.2) is 41.2 Å². The first-order valence-corrected chi connectivity index (χ1v) is 14.9. The molecule has 41 heavy (non-hydrogen) atoms. The van der Waals surface area contributed by atoms with Crippen LogP contribution in [-0.2, 0) is 23.9 Å². The minimum atomic E-state index is -1.08. The lowest BCUT2D eigenvalue weighted by Gasteiger charge is -2.45. The van der Waals surface area contributed by atoms with Gasteiger partial charge in [0.15, 0.2) is 6.61 Å². The molecular weight excluding hydrogens is 584 g/mol. The summed E-state index contributed by atoms with van der Waals surface area (Å²) in [5.74, 6) is -3.52. The third-order valence-corrected chi connectivity index (χ3v) is 9.20. The largest absolute Gasteiger partial charge is 0.454 e. The number of unbranched alkanes of at least 4 members (excludes halogenated alkanes) is 1. The van der Waals surface area contributed by atoms with E-state index in [1.54, 1.807) is 6.07 Å². The molecule has 2 bridgehead atoms. The maximum Gasteiger partial charge on any atom is 0.329 e. The highest BCUT2D eigenvalue weighted by Crippen LogP contribution is 2.61. The SMILES string of the molecule is CCCC[C@H](C(=O)OCC(=O)Nc1ccc(Br)cc1C)N1C(=O)[C@@H]2C3c4ccccc4C(c4ccccc43)[C@H]2C1=O. The molecule has 3 atom stereocenters. The zero-order valence-electron chi connectivity index (χ0n) is 22.9. The Hall–Kier alpha value is -3.78. The molecule has 0 spiro atoms. The average molecular weight is 616 g/mol. The summed E-state index contributed by atoms with van der Waals surface area (Å²) in [4.78, 5) is 55.5. The van der Waals surface area contributed by atoms with Crippen LogP contribution in [0.4, 0.5) is 5.69 Å². The number of nitrogens with one attached hydrogen (secondary N) is 1. The Morgan fingerprint density at radius 2 is 1.44 bits per heavy atom. The van der Waals surface area contributed by atoms with Crippen molar-refractivity contribution < 1.29 is 23.9 Å². The lowest BCUT2D eigenvalue weighted by Crippen LogP contribution is -2.47. The van der Waals surface area contributed by atoms with Gasteiger partial charge in [-0.25, -0.2) is 4.79 Å². The highest BCUT2D eigenvalue weighted by Gasteiger charge is 2.63. The molecule has 1 aliphatic heterocycles. The molecule has 4 aliphatic rings. The second kappa shape index (κ2) is 10.9. The average Bonchev–Trinajstić information content (AvgIpc) is 3.24. The summed E-state index contributed by atoms with van der Waals surface area (Å²) in [6.45, 7) is 3.33. The molecule has 1 heterocycles. The molecule has 7 nitrogen and oxygen atoms in total. The van der Waals surface area contributed by atoms with Gasteiger partial charge in [-0.05, 0) is 59.4 Å². The molecule has 3 aromatic rings. The van der Waals surface area contributed by atoms with E-state index in [0.717, 1.165) is 38.7 Å². The fourth-order valence-corrected chi connectivity index (χ4v) is 7.42. The van der Waals surface area contributed by atoms with Crippen molar-refractivity contribution in [1.82, 2.24) is 4.90 Å². The molecule has 7 rings (SSSR count). The maximum absolute atomic E-state index is 14.1. The molecular formula is C33H31BrN2O5. The molecule has 8 heteroatoms. The van der Waals surface area contributed by atoms with E-state index in [2.05, 4.69) is 21.2 Å². The van der Waals surface area contributed by atoms with E-state index in [0.29, 0.717) is 12.1 Å². The van der Waals surface area contributed by atoms with Crippen LogP contribution in [0.25, 0.3) is 0 Å². The zero-order chi connectivity index (χ0) is 28.8. The van der Waals surface area contributed by atoms with Gasteiger partial charge in [-0.15, -0.1) is 0 Å². The Balaban J connectivity index is 1.26. The molecule has 0 saturated carbocycles. The number of carbonyl (C=O) groups excluding carboxylic acids is 4. The minimum Gasteiger partial charge on any atom is -0.454 e. The van der Waals surface area contributed by atoms with Gasteiger partial charge < -0.3 is 10.1 Å². The highest BCUT2D eigenvalue weighted by molar-refractivity contribution is 9.10. The number of benzene rings is 3. The smallest absolute Gasteiger partial charge is 0.329 e. The van der Waals surface area contributed by atoms with Crippen molar-refractivity contribution in [1.29, 1.82) is 0 Å². The number of anilines is 1. The molecule has 3 aromatic carbocycles. The summed E-state index contributed by atoms with van der Waals surface area (Å²) in [5.41, 5.74) is 5.77. The third kappa shape index (κ3) is 4.58. The maximum atomic E-state index is 14.1. The number of amides is 3. The van der Waals surface area contributed by atoms with E-state index in [1.807, 2.05) is 74.5 Å². The highest BCUT2D eigenvalue weighted by atomic mass is 79.9. The Morgan fingerprint density at radius 3 is 1.93 bits per heavy atom. The van der Waals surface area contributed by atoms with Crippen molar-refractivity contribution >= 4 is 45.3 Å². The number of nitrogens with zero attached hydrogens (tertiary/aromatic N) is 1. The van der Waals surface area contributed by atoms with E-state index in [9.17, 15) is 19.2 Å². The van der Waals surface area contributed by atoms with Gasteiger partial charge >= 0.3 is 5.97 Å². The second-order valence-electron chi connectivity index (χ2n) is 11.1. The van der Waals surface area contributed by atoms with Crippen LogP contribution in [0, 0.1) is 18.8 Å². The Labute approximate surface area is 247 Å². The summed E-state index contributed by atoms with van der Waals surface area (Å²) < 4.78 is 6.34. The van der Waals surface area contributed by atoms with Crippen LogP contribution in [0.2, 0.25) is 0 Å². The van der Waals surface area contributed by atoms with Crippen molar-refractivity contribution in [2.24, 2.45) is 11.8 Å². The van der Waals surface area contributed by atoms with E-state index >= 15 is 0 Å². The number of imide groups is 1. The van der Waals surface area contributed by atoms with Gasteiger partial charge in [0.2, 0.25) is 11.8 Å². The number of hydrogen-bond acceptors (Lipinski definition) is 5. The summed E-state index contributed by atoms with van der Waals surface area (Å²) in [6, 6.07) is 20.4. The minimum absolute atomic E-state index is 0.248. The number of esters is 1. The fourth-order valence-electron chi connectivity index (χ4n) is 6.94. The molecule has 0 aromatic heterocycles. The van der Waals surface area contributed by atoms with E-state index in [1.165, 1.54) is 4.90 Å². The number of halogens is 1. The molecule has 1 saturated heterocycles. The second-order valence-corrected chi connectivity index (χ2v) is 12.0. The standard InChI is InChI=1S/C33H31BrN2O5/c1-3-4-13-25(33(40)41-17-26(37)35-24-15-14-19(34)16-18(24)2)36-31(38)29-27-20-9-5-6-10-21(20)28(30(29)32(36)39)23-12-8-7-11-22(23)27/h5-12,14-16,25,27-30H,3-4,13,17H2,1-2H3,(H,35,37)/t25-,27?,28?,29-,30-/m1/s1.